The number of furan rings is 1. The lowest BCUT2D eigenvalue weighted by atomic mass is 10.4. The van der Waals surface area contributed by atoms with Gasteiger partial charge in [-0.2, -0.15) is 0 Å². The van der Waals surface area contributed by atoms with Gasteiger partial charge in [-0.05, 0) is 25.1 Å². The van der Waals surface area contributed by atoms with E-state index in [1.807, 2.05) is 0 Å². The highest BCUT2D eigenvalue weighted by Crippen LogP contribution is 2.13. The normalized spacial score (nSPS) is 13.5. The summed E-state index contributed by atoms with van der Waals surface area (Å²) in [6.07, 6.45) is 1.00. The monoisotopic (exact) mass is 322 g/mol. The van der Waals surface area contributed by atoms with Gasteiger partial charge < -0.3 is 9.73 Å². The summed E-state index contributed by atoms with van der Waals surface area (Å²) in [5.41, 5.74) is 0. The number of hydrogen-bond acceptors (Lipinski definition) is 5. The Hall–Kier alpha value is -0.700. The van der Waals surface area contributed by atoms with Crippen LogP contribution in [0.2, 0.25) is 0 Å². The predicted octanol–water partition coefficient (Wildman–Crippen LogP) is 0.826. The van der Waals surface area contributed by atoms with Crippen LogP contribution in [-0.4, -0.2) is 37.2 Å². The largest absolute Gasteiger partial charge is 0.447 e. The molecule has 0 aliphatic heterocycles. The minimum atomic E-state index is -3.65. The lowest BCUT2D eigenvalue weighted by Gasteiger charge is -2.04. The fraction of sp³-hybridized carbons (Fsp3) is 0.667. The van der Waals surface area contributed by atoms with Crippen molar-refractivity contribution in [3.05, 3.63) is 17.9 Å². The molecule has 116 valence electrons. The molecular weight excluding hydrogens is 300 g/mol. The van der Waals surface area contributed by atoms with E-state index < -0.39 is 20.8 Å². The van der Waals surface area contributed by atoms with Crippen LogP contribution in [0, 0.1) is 0 Å². The van der Waals surface area contributed by atoms with Gasteiger partial charge in [0.1, 0.15) is 5.76 Å². The van der Waals surface area contributed by atoms with Crippen molar-refractivity contribution in [2.24, 2.45) is 0 Å². The molecule has 20 heavy (non-hydrogen) atoms. The van der Waals surface area contributed by atoms with Crippen molar-refractivity contribution in [1.29, 1.82) is 0 Å². The smallest absolute Gasteiger partial charge is 0.273 e. The van der Waals surface area contributed by atoms with Gasteiger partial charge in [-0.25, -0.2) is 13.1 Å². The molecule has 0 radical (unpaired) electrons. The Balaban J connectivity index is 2.52. The summed E-state index contributed by atoms with van der Waals surface area (Å²) in [7, 11) is -4.64. The lowest BCUT2D eigenvalue weighted by Crippen LogP contribution is -2.27. The molecule has 0 saturated carbocycles. The summed E-state index contributed by atoms with van der Waals surface area (Å²) in [6.45, 7) is 5.35. The Morgan fingerprint density at radius 2 is 2.00 bits per heavy atom. The van der Waals surface area contributed by atoms with Gasteiger partial charge in [0.2, 0.25) is 5.09 Å². The molecule has 0 bridgehead atoms. The van der Waals surface area contributed by atoms with Crippen LogP contribution in [-0.2, 0) is 27.4 Å². The van der Waals surface area contributed by atoms with Crippen LogP contribution in [0.4, 0.5) is 0 Å². The molecule has 0 aromatic carbocycles. The van der Waals surface area contributed by atoms with Crippen LogP contribution in [0.1, 0.15) is 26.0 Å². The second-order valence-electron chi connectivity index (χ2n) is 4.23. The van der Waals surface area contributed by atoms with E-state index in [1.54, 1.807) is 13.0 Å². The topological polar surface area (TPSA) is 88.4 Å². The maximum absolute atomic E-state index is 11.9. The zero-order valence-electron chi connectivity index (χ0n) is 11.8. The average Bonchev–Trinajstić information content (AvgIpc) is 2.88. The third kappa shape index (κ3) is 5.74. The first kappa shape index (κ1) is 17.4. The second-order valence-corrected chi connectivity index (χ2v) is 7.79. The Labute approximate surface area is 122 Å². The van der Waals surface area contributed by atoms with Gasteiger partial charge in [0.05, 0.1) is 6.54 Å². The zero-order chi connectivity index (χ0) is 15.0. The molecule has 0 spiro atoms. The van der Waals surface area contributed by atoms with E-state index in [9.17, 15) is 12.6 Å². The molecule has 0 fully saturated rings. The van der Waals surface area contributed by atoms with Crippen LogP contribution in [0.25, 0.3) is 0 Å². The molecule has 6 nitrogen and oxygen atoms in total. The highest BCUT2D eigenvalue weighted by atomic mass is 32.2. The number of nitrogens with one attached hydrogen (secondary N) is 2. The number of sulfonamides is 1. The van der Waals surface area contributed by atoms with Crippen molar-refractivity contribution in [1.82, 2.24) is 10.0 Å². The quantitative estimate of drug-likeness (QED) is 0.623. The zero-order valence-corrected chi connectivity index (χ0v) is 13.5. The molecule has 1 unspecified atom stereocenters. The fourth-order valence-electron chi connectivity index (χ4n) is 1.49. The van der Waals surface area contributed by atoms with E-state index in [1.165, 1.54) is 6.07 Å². The van der Waals surface area contributed by atoms with Gasteiger partial charge in [-0.15, -0.1) is 0 Å². The van der Waals surface area contributed by atoms with E-state index >= 15 is 0 Å². The molecule has 1 aromatic rings. The standard InChI is InChI=1S/C12H22N2O4S2/c1-3-7-13-10-11-5-6-12(18-11)20(16,17)14-8-9-19(15)4-2/h5-6,13-14H,3-4,7-10H2,1-2H3. The van der Waals surface area contributed by atoms with Crippen molar-refractivity contribution in [2.75, 3.05) is 24.6 Å². The van der Waals surface area contributed by atoms with Gasteiger partial charge in [0.25, 0.3) is 10.0 Å². The highest BCUT2D eigenvalue weighted by molar-refractivity contribution is 7.89. The predicted molar refractivity (Wildman–Crippen MR) is 79.4 cm³/mol. The summed E-state index contributed by atoms with van der Waals surface area (Å²) in [5.74, 6) is 1.41. The Bertz CT molecular complexity index is 525. The molecule has 1 aromatic heterocycles. The molecule has 1 atom stereocenters. The van der Waals surface area contributed by atoms with Gasteiger partial charge in [0.15, 0.2) is 0 Å². The van der Waals surface area contributed by atoms with Crippen LogP contribution in [0.5, 0.6) is 0 Å². The third-order valence-electron chi connectivity index (χ3n) is 2.57. The molecule has 0 amide bonds. The first-order valence-corrected chi connectivity index (χ1v) is 9.60. The molecule has 2 N–H and O–H groups in total. The summed E-state index contributed by atoms with van der Waals surface area (Å²) >= 11 is 0. The molecule has 1 rings (SSSR count). The van der Waals surface area contributed by atoms with E-state index in [0.717, 1.165) is 13.0 Å². The van der Waals surface area contributed by atoms with Gasteiger partial charge in [-0.3, -0.25) is 4.21 Å². The fourth-order valence-corrected chi connectivity index (χ4v) is 3.22. The second kappa shape index (κ2) is 8.56. The molecule has 8 heteroatoms. The molecular formula is C12H22N2O4S2. The lowest BCUT2D eigenvalue weighted by molar-refractivity contribution is 0.400. The van der Waals surface area contributed by atoms with Crippen molar-refractivity contribution in [3.63, 3.8) is 0 Å². The first-order chi connectivity index (χ1) is 9.49. The Morgan fingerprint density at radius 3 is 2.65 bits per heavy atom. The third-order valence-corrected chi connectivity index (χ3v) is 5.21. The van der Waals surface area contributed by atoms with Gasteiger partial charge in [0, 0.05) is 28.9 Å². The van der Waals surface area contributed by atoms with Crippen LogP contribution < -0.4 is 10.0 Å². The van der Waals surface area contributed by atoms with Crippen LogP contribution >= 0.6 is 0 Å². The molecule has 0 saturated heterocycles. The molecule has 0 aliphatic carbocycles. The molecule has 1 heterocycles. The first-order valence-electron chi connectivity index (χ1n) is 6.63. The van der Waals surface area contributed by atoms with Gasteiger partial charge >= 0.3 is 0 Å². The van der Waals surface area contributed by atoms with Crippen molar-refractivity contribution in [2.45, 2.75) is 31.9 Å². The van der Waals surface area contributed by atoms with Crippen LogP contribution in [0.3, 0.4) is 0 Å². The van der Waals surface area contributed by atoms with Gasteiger partial charge in [-0.1, -0.05) is 13.8 Å². The Morgan fingerprint density at radius 1 is 1.25 bits per heavy atom. The van der Waals surface area contributed by atoms with E-state index in [-0.39, 0.29) is 11.6 Å². The van der Waals surface area contributed by atoms with E-state index in [2.05, 4.69) is 17.0 Å². The molecule has 0 aliphatic rings. The van der Waals surface area contributed by atoms with Crippen LogP contribution in [0.15, 0.2) is 21.6 Å². The van der Waals surface area contributed by atoms with E-state index in [0.29, 0.717) is 23.8 Å². The summed E-state index contributed by atoms with van der Waals surface area (Å²) in [6, 6.07) is 3.07. The van der Waals surface area contributed by atoms with E-state index in [4.69, 9.17) is 4.42 Å². The average molecular weight is 322 g/mol. The van der Waals surface area contributed by atoms with Crippen molar-refractivity contribution < 1.29 is 17.0 Å². The highest BCUT2D eigenvalue weighted by Gasteiger charge is 2.18. The number of rotatable bonds is 10. The summed E-state index contributed by atoms with van der Waals surface area (Å²) in [4.78, 5) is 0. The van der Waals surface area contributed by atoms with Crippen molar-refractivity contribution in [3.8, 4) is 0 Å². The minimum Gasteiger partial charge on any atom is -0.447 e. The number of hydrogen-bond donors (Lipinski definition) is 2. The summed E-state index contributed by atoms with van der Waals surface area (Å²) < 4.78 is 42.7. The minimum absolute atomic E-state index is 0.104. The Kier molecular flexibility index (Phi) is 7.42. The van der Waals surface area contributed by atoms with Crippen molar-refractivity contribution >= 4 is 20.8 Å². The summed E-state index contributed by atoms with van der Waals surface area (Å²) in [5, 5.41) is 3.03. The SMILES string of the molecule is CCCNCc1ccc(S(=O)(=O)NCCS(=O)CC)o1. The maximum atomic E-state index is 11.9. The maximum Gasteiger partial charge on any atom is 0.273 e.